The lowest BCUT2D eigenvalue weighted by molar-refractivity contribution is -0.133. The van der Waals surface area contributed by atoms with Crippen molar-refractivity contribution in [2.45, 2.75) is 58.0 Å². The third-order valence-electron chi connectivity index (χ3n) is 5.82. The second-order valence-corrected chi connectivity index (χ2v) is 10.9. The highest BCUT2D eigenvalue weighted by atomic mass is 32.2. The molecular formula is C19H25N3O4S2. The summed E-state index contributed by atoms with van der Waals surface area (Å²) in [7, 11) is -3.04. The fourth-order valence-corrected chi connectivity index (χ4v) is 7.31. The van der Waals surface area contributed by atoms with E-state index in [1.165, 1.54) is 15.8 Å². The third kappa shape index (κ3) is 3.61. The van der Waals surface area contributed by atoms with Gasteiger partial charge in [0.1, 0.15) is 4.83 Å². The lowest BCUT2D eigenvalue weighted by atomic mass is 9.97. The Morgan fingerprint density at radius 1 is 1.36 bits per heavy atom. The van der Waals surface area contributed by atoms with Crippen molar-refractivity contribution in [1.82, 2.24) is 14.5 Å². The first-order valence-corrected chi connectivity index (χ1v) is 12.5. The number of fused-ring (bicyclic) bond motifs is 3. The van der Waals surface area contributed by atoms with E-state index in [9.17, 15) is 18.0 Å². The summed E-state index contributed by atoms with van der Waals surface area (Å²) in [5.41, 5.74) is 1.08. The minimum Gasteiger partial charge on any atom is -0.339 e. The standard InChI is InChI=1S/C19H25N3O4S2/c1-2-22(13-8-10-28(25,26)11-13)16(23)7-9-21-12-20-18-17(19(21)24)14-5-3-4-6-15(14)27-18/h12-13H,2-11H2,1H3. The maximum Gasteiger partial charge on any atom is 0.262 e. The molecule has 2 aromatic rings. The molecule has 2 aliphatic rings. The summed E-state index contributed by atoms with van der Waals surface area (Å²) < 4.78 is 25.0. The molecule has 0 saturated carbocycles. The highest BCUT2D eigenvalue weighted by Gasteiger charge is 2.33. The van der Waals surface area contributed by atoms with Gasteiger partial charge in [0.05, 0.1) is 23.2 Å². The van der Waals surface area contributed by atoms with Gasteiger partial charge in [0, 0.05) is 30.4 Å². The van der Waals surface area contributed by atoms with Gasteiger partial charge in [-0.05, 0) is 44.6 Å². The Labute approximate surface area is 168 Å². The van der Waals surface area contributed by atoms with Crippen molar-refractivity contribution < 1.29 is 13.2 Å². The Kier molecular flexibility index (Phi) is 5.30. The van der Waals surface area contributed by atoms with Gasteiger partial charge in [-0.1, -0.05) is 0 Å². The summed E-state index contributed by atoms with van der Waals surface area (Å²) >= 11 is 1.62. The molecule has 0 aromatic carbocycles. The summed E-state index contributed by atoms with van der Waals surface area (Å²) in [6.07, 6.45) is 6.41. The van der Waals surface area contributed by atoms with Crippen LogP contribution in [0.1, 0.15) is 43.0 Å². The SMILES string of the molecule is CCN(C(=O)CCn1cnc2sc3c(c2c1=O)CCCC3)C1CCS(=O)(=O)C1. The van der Waals surface area contributed by atoms with Gasteiger partial charge in [0.2, 0.25) is 5.91 Å². The predicted molar refractivity (Wildman–Crippen MR) is 110 cm³/mol. The van der Waals surface area contributed by atoms with E-state index < -0.39 is 9.84 Å². The van der Waals surface area contributed by atoms with E-state index in [2.05, 4.69) is 4.98 Å². The first-order chi connectivity index (χ1) is 13.4. The van der Waals surface area contributed by atoms with Crippen LogP contribution in [-0.4, -0.2) is 52.9 Å². The number of thiophene rings is 1. The largest absolute Gasteiger partial charge is 0.339 e. The Morgan fingerprint density at radius 2 is 2.14 bits per heavy atom. The number of hydrogen-bond donors (Lipinski definition) is 0. The average Bonchev–Trinajstić information content (AvgIpc) is 3.22. The molecule has 1 amide bonds. The quantitative estimate of drug-likeness (QED) is 0.731. The van der Waals surface area contributed by atoms with E-state index in [-0.39, 0.29) is 42.0 Å². The Morgan fingerprint density at radius 3 is 2.86 bits per heavy atom. The molecule has 9 heteroatoms. The van der Waals surface area contributed by atoms with Crippen molar-refractivity contribution in [2.24, 2.45) is 0 Å². The predicted octanol–water partition coefficient (Wildman–Crippen LogP) is 1.76. The average molecular weight is 424 g/mol. The highest BCUT2D eigenvalue weighted by Crippen LogP contribution is 2.33. The van der Waals surface area contributed by atoms with E-state index in [4.69, 9.17) is 0 Å². The van der Waals surface area contributed by atoms with Gasteiger partial charge >= 0.3 is 0 Å². The van der Waals surface area contributed by atoms with Crippen molar-refractivity contribution in [2.75, 3.05) is 18.1 Å². The molecule has 1 aliphatic heterocycles. The fraction of sp³-hybridized carbons (Fsp3) is 0.632. The number of nitrogens with zero attached hydrogens (tertiary/aromatic N) is 3. The van der Waals surface area contributed by atoms with E-state index >= 15 is 0 Å². The maximum absolute atomic E-state index is 13.0. The van der Waals surface area contributed by atoms with Crippen LogP contribution < -0.4 is 5.56 Å². The topological polar surface area (TPSA) is 89.3 Å². The van der Waals surface area contributed by atoms with Gasteiger partial charge in [0.15, 0.2) is 9.84 Å². The number of sulfone groups is 1. The van der Waals surface area contributed by atoms with Gasteiger partial charge in [-0.2, -0.15) is 0 Å². The van der Waals surface area contributed by atoms with Crippen LogP contribution in [0.4, 0.5) is 0 Å². The Bertz CT molecular complexity index is 1070. The van der Waals surface area contributed by atoms with Crippen LogP contribution in [0.15, 0.2) is 11.1 Å². The minimum absolute atomic E-state index is 0.0427. The lowest BCUT2D eigenvalue weighted by Crippen LogP contribution is -2.41. The van der Waals surface area contributed by atoms with Crippen LogP contribution in [0.2, 0.25) is 0 Å². The molecule has 1 saturated heterocycles. The molecule has 152 valence electrons. The zero-order valence-corrected chi connectivity index (χ0v) is 17.6. The van der Waals surface area contributed by atoms with Crippen LogP contribution >= 0.6 is 11.3 Å². The molecule has 7 nitrogen and oxygen atoms in total. The molecule has 1 atom stereocenters. The molecule has 0 spiro atoms. The molecule has 4 rings (SSSR count). The number of amides is 1. The van der Waals surface area contributed by atoms with Crippen molar-refractivity contribution in [3.05, 3.63) is 27.1 Å². The molecular weight excluding hydrogens is 398 g/mol. The van der Waals surface area contributed by atoms with Crippen molar-refractivity contribution >= 4 is 37.3 Å². The molecule has 0 N–H and O–H groups in total. The zero-order valence-electron chi connectivity index (χ0n) is 16.0. The Balaban J connectivity index is 1.51. The molecule has 1 aliphatic carbocycles. The molecule has 3 heterocycles. The van der Waals surface area contributed by atoms with Crippen LogP contribution in [0.5, 0.6) is 0 Å². The van der Waals surface area contributed by atoms with Gasteiger partial charge in [-0.3, -0.25) is 14.2 Å². The number of aromatic nitrogens is 2. The summed E-state index contributed by atoms with van der Waals surface area (Å²) in [5.74, 6) is 0.0789. The molecule has 0 radical (unpaired) electrons. The zero-order chi connectivity index (χ0) is 19.9. The van der Waals surface area contributed by atoms with Crippen LogP contribution in [-0.2, 0) is 34.0 Å². The summed E-state index contributed by atoms with van der Waals surface area (Å²) in [5, 5.41) is 0.726. The highest BCUT2D eigenvalue weighted by molar-refractivity contribution is 7.91. The summed E-state index contributed by atoms with van der Waals surface area (Å²) in [6.45, 7) is 2.60. The number of carbonyl (C=O) groups excluding carboxylic acids is 1. The van der Waals surface area contributed by atoms with Crippen molar-refractivity contribution in [3.63, 3.8) is 0 Å². The molecule has 28 heavy (non-hydrogen) atoms. The smallest absolute Gasteiger partial charge is 0.262 e. The van der Waals surface area contributed by atoms with Gasteiger partial charge in [-0.25, -0.2) is 13.4 Å². The molecule has 2 aromatic heterocycles. The lowest BCUT2D eigenvalue weighted by Gasteiger charge is -2.27. The number of aryl methyl sites for hydroxylation is 3. The van der Waals surface area contributed by atoms with Crippen LogP contribution in [0, 0.1) is 0 Å². The molecule has 1 unspecified atom stereocenters. The van der Waals surface area contributed by atoms with Gasteiger partial charge in [-0.15, -0.1) is 11.3 Å². The van der Waals surface area contributed by atoms with Gasteiger partial charge in [0.25, 0.3) is 5.56 Å². The molecule has 1 fully saturated rings. The van der Waals surface area contributed by atoms with Crippen LogP contribution in [0.3, 0.4) is 0 Å². The van der Waals surface area contributed by atoms with E-state index in [0.29, 0.717) is 13.0 Å². The summed E-state index contributed by atoms with van der Waals surface area (Å²) in [6, 6.07) is -0.247. The first-order valence-electron chi connectivity index (χ1n) is 9.89. The Hall–Kier alpha value is -1.74. The second kappa shape index (κ2) is 7.59. The van der Waals surface area contributed by atoms with E-state index in [1.54, 1.807) is 16.2 Å². The van der Waals surface area contributed by atoms with Crippen molar-refractivity contribution in [1.29, 1.82) is 0 Å². The van der Waals surface area contributed by atoms with Crippen molar-refractivity contribution in [3.8, 4) is 0 Å². The molecule has 0 bridgehead atoms. The number of hydrogen-bond acceptors (Lipinski definition) is 6. The monoisotopic (exact) mass is 423 g/mol. The first kappa shape index (κ1) is 19.6. The minimum atomic E-state index is -3.04. The number of carbonyl (C=O) groups is 1. The van der Waals surface area contributed by atoms with Crippen LogP contribution in [0.25, 0.3) is 10.2 Å². The maximum atomic E-state index is 13.0. The normalized spacial score (nSPS) is 21.0. The fourth-order valence-electron chi connectivity index (χ4n) is 4.36. The number of rotatable bonds is 5. The van der Waals surface area contributed by atoms with E-state index in [0.717, 1.165) is 41.5 Å². The third-order valence-corrected chi connectivity index (χ3v) is 8.77. The van der Waals surface area contributed by atoms with E-state index in [1.807, 2.05) is 6.92 Å². The summed E-state index contributed by atoms with van der Waals surface area (Å²) in [4.78, 5) is 33.9. The second-order valence-electron chi connectivity index (χ2n) is 7.62. The van der Waals surface area contributed by atoms with Gasteiger partial charge < -0.3 is 4.90 Å².